The first-order chi connectivity index (χ1) is 16.5. The minimum Gasteiger partial charge on any atom is -0.435 e. The minimum atomic E-state index is -0.792. The third kappa shape index (κ3) is 6.62. The molecule has 1 heterocycles. The molecule has 0 unspecified atom stereocenters. The van der Waals surface area contributed by atoms with E-state index in [2.05, 4.69) is 4.90 Å². The van der Waals surface area contributed by atoms with Crippen molar-refractivity contribution in [3.05, 3.63) is 71.4 Å². The van der Waals surface area contributed by atoms with Crippen LogP contribution < -0.4 is 4.74 Å². The van der Waals surface area contributed by atoms with E-state index in [4.69, 9.17) is 14.6 Å². The van der Waals surface area contributed by atoms with Crippen molar-refractivity contribution in [2.24, 2.45) is 0 Å². The second kappa shape index (κ2) is 12.6. The van der Waals surface area contributed by atoms with Gasteiger partial charge in [-0.1, -0.05) is 38.5 Å². The van der Waals surface area contributed by atoms with Gasteiger partial charge in [0.25, 0.3) is 0 Å². The predicted molar refractivity (Wildman–Crippen MR) is 127 cm³/mol. The molecule has 0 amide bonds. The molecule has 3 aromatic rings. The summed E-state index contributed by atoms with van der Waals surface area (Å²) in [6.45, 7) is 6.01. The number of ether oxygens (including phenoxy) is 2. The zero-order valence-electron chi connectivity index (χ0n) is 20.0. The summed E-state index contributed by atoms with van der Waals surface area (Å²) in [4.78, 5) is 2.09. The lowest BCUT2D eigenvalue weighted by Crippen LogP contribution is -2.34. The molecule has 184 valence electrons. The molecule has 0 saturated heterocycles. The Bertz CT molecular complexity index is 1040. The van der Waals surface area contributed by atoms with Crippen molar-refractivity contribution in [2.75, 3.05) is 26.8 Å². The van der Waals surface area contributed by atoms with E-state index in [1.165, 1.54) is 6.07 Å². The molecule has 0 radical (unpaired) electrons. The van der Waals surface area contributed by atoms with Crippen molar-refractivity contribution in [2.45, 2.75) is 45.8 Å². The van der Waals surface area contributed by atoms with E-state index in [0.29, 0.717) is 45.0 Å². The van der Waals surface area contributed by atoms with Gasteiger partial charge in [0.15, 0.2) is 11.6 Å². The summed E-state index contributed by atoms with van der Waals surface area (Å²) in [5.74, 6) is -1.19. The average molecular weight is 474 g/mol. The number of rotatable bonds is 13. The second-order valence-corrected chi connectivity index (χ2v) is 8.18. The number of halogens is 2. The van der Waals surface area contributed by atoms with Gasteiger partial charge in [0.05, 0.1) is 29.7 Å². The van der Waals surface area contributed by atoms with Crippen LogP contribution in [0.1, 0.15) is 37.9 Å². The molecule has 34 heavy (non-hydrogen) atoms. The molecule has 1 atom stereocenters. The van der Waals surface area contributed by atoms with Gasteiger partial charge < -0.3 is 14.6 Å². The van der Waals surface area contributed by atoms with Crippen LogP contribution in [0.2, 0.25) is 0 Å². The predicted octanol–water partition coefficient (Wildman–Crippen LogP) is 5.11. The zero-order chi connectivity index (χ0) is 24.5. The topological polar surface area (TPSA) is 59.8 Å². The van der Waals surface area contributed by atoms with E-state index in [0.717, 1.165) is 35.5 Å². The normalized spacial score (nSPS) is 12.3. The summed E-state index contributed by atoms with van der Waals surface area (Å²) in [6.07, 6.45) is 1.73. The van der Waals surface area contributed by atoms with Gasteiger partial charge in [-0.2, -0.15) is 5.10 Å². The first-order valence-corrected chi connectivity index (χ1v) is 11.6. The van der Waals surface area contributed by atoms with Crippen molar-refractivity contribution in [3.8, 4) is 17.3 Å². The largest absolute Gasteiger partial charge is 0.435 e. The average Bonchev–Trinajstić information content (AvgIpc) is 3.17. The van der Waals surface area contributed by atoms with Crippen molar-refractivity contribution < 1.29 is 23.4 Å². The van der Waals surface area contributed by atoms with Gasteiger partial charge >= 0.3 is 0 Å². The van der Waals surface area contributed by atoms with Crippen molar-refractivity contribution >= 4 is 0 Å². The van der Waals surface area contributed by atoms with E-state index in [9.17, 15) is 13.9 Å². The highest BCUT2D eigenvalue weighted by molar-refractivity contribution is 5.44. The molecule has 8 heteroatoms. The Morgan fingerprint density at radius 3 is 2.53 bits per heavy atom. The van der Waals surface area contributed by atoms with Crippen molar-refractivity contribution in [1.29, 1.82) is 0 Å². The number of nitrogens with zero attached hydrogens (tertiary/aromatic N) is 3. The molecule has 0 spiro atoms. The number of aliphatic hydroxyl groups excluding tert-OH is 1. The maximum atomic E-state index is 14.5. The molecule has 0 fully saturated rings. The summed E-state index contributed by atoms with van der Waals surface area (Å²) < 4.78 is 41.0. The highest BCUT2D eigenvalue weighted by Crippen LogP contribution is 2.33. The van der Waals surface area contributed by atoms with E-state index in [1.54, 1.807) is 11.8 Å². The maximum absolute atomic E-state index is 14.5. The summed E-state index contributed by atoms with van der Waals surface area (Å²) in [5, 5.41) is 15.2. The summed E-state index contributed by atoms with van der Waals surface area (Å²) in [6, 6.07) is 12.7. The van der Waals surface area contributed by atoms with E-state index >= 15 is 0 Å². The van der Waals surface area contributed by atoms with Gasteiger partial charge in [0, 0.05) is 32.8 Å². The fraction of sp³-hybridized carbons (Fsp3) is 0.423. The number of hydrogen-bond acceptors (Lipinski definition) is 5. The monoisotopic (exact) mass is 473 g/mol. The molecule has 1 aromatic heterocycles. The van der Waals surface area contributed by atoms with Crippen LogP contribution in [0.4, 0.5) is 8.78 Å². The van der Waals surface area contributed by atoms with Crippen LogP contribution in [-0.2, 0) is 17.7 Å². The van der Waals surface area contributed by atoms with Crippen LogP contribution in [0.15, 0.2) is 48.5 Å². The van der Waals surface area contributed by atoms with Gasteiger partial charge in [0.1, 0.15) is 5.82 Å². The lowest BCUT2D eigenvalue weighted by molar-refractivity contribution is 0.0795. The Balaban J connectivity index is 2.05. The molecule has 3 rings (SSSR count). The molecule has 2 aromatic carbocycles. The molecule has 1 N–H and O–H groups in total. The van der Waals surface area contributed by atoms with Crippen molar-refractivity contribution in [1.82, 2.24) is 14.7 Å². The number of hydrogen-bond donors (Lipinski definition) is 1. The van der Waals surface area contributed by atoms with Crippen LogP contribution in [0.25, 0.3) is 5.69 Å². The third-order valence-electron chi connectivity index (χ3n) is 5.54. The van der Waals surface area contributed by atoms with E-state index < -0.39 is 17.7 Å². The number of methoxy groups -OCH3 is 1. The van der Waals surface area contributed by atoms with E-state index in [1.807, 2.05) is 44.2 Å². The standard InChI is InChI=1S/C26H33F2N3O3/c1-4-9-21(32)17-30(14-15-33-3)18-22-24(5-2)29-31(20-10-7-6-8-11-20)26(22)34-25-13-12-19(27)16-23(25)28/h6-8,10-13,16,21,32H,4-5,9,14-15,17-18H2,1-3H3/t21-/m1/s1. The molecular formula is C26H33F2N3O3. The third-order valence-corrected chi connectivity index (χ3v) is 5.54. The highest BCUT2D eigenvalue weighted by Gasteiger charge is 2.24. The first-order valence-electron chi connectivity index (χ1n) is 11.6. The van der Waals surface area contributed by atoms with Gasteiger partial charge in [-0.25, -0.2) is 13.5 Å². The van der Waals surface area contributed by atoms with Crippen LogP contribution >= 0.6 is 0 Å². The van der Waals surface area contributed by atoms with Crippen LogP contribution in [-0.4, -0.2) is 52.7 Å². The molecule has 0 aliphatic rings. The molecule has 0 saturated carbocycles. The Morgan fingerprint density at radius 1 is 1.12 bits per heavy atom. The lowest BCUT2D eigenvalue weighted by Gasteiger charge is -2.25. The zero-order valence-corrected chi connectivity index (χ0v) is 20.0. The number of para-hydroxylation sites is 1. The fourth-order valence-corrected chi connectivity index (χ4v) is 3.83. The van der Waals surface area contributed by atoms with Crippen molar-refractivity contribution in [3.63, 3.8) is 0 Å². The Kier molecular flexibility index (Phi) is 9.56. The number of aromatic nitrogens is 2. The Hall–Kier alpha value is -2.81. The van der Waals surface area contributed by atoms with Gasteiger partial charge in [-0.15, -0.1) is 0 Å². The highest BCUT2D eigenvalue weighted by atomic mass is 19.1. The Labute approximate surface area is 199 Å². The first kappa shape index (κ1) is 25.8. The van der Waals surface area contributed by atoms with E-state index in [-0.39, 0.29) is 5.75 Å². The molecule has 0 bridgehead atoms. The SMILES string of the molecule is CCC[C@@H](O)CN(CCOC)Cc1c(CC)nn(-c2ccccc2)c1Oc1ccc(F)cc1F. The van der Waals surface area contributed by atoms with Crippen LogP contribution in [0, 0.1) is 11.6 Å². The number of benzene rings is 2. The molecular weight excluding hydrogens is 440 g/mol. The number of aliphatic hydroxyl groups is 1. The maximum Gasteiger partial charge on any atom is 0.227 e. The summed E-state index contributed by atoms with van der Waals surface area (Å²) >= 11 is 0. The van der Waals surface area contributed by atoms with Gasteiger partial charge in [-0.3, -0.25) is 4.90 Å². The smallest absolute Gasteiger partial charge is 0.227 e. The number of aryl methyl sites for hydroxylation is 1. The minimum absolute atomic E-state index is 0.0863. The summed E-state index contributed by atoms with van der Waals surface area (Å²) in [7, 11) is 1.64. The van der Waals surface area contributed by atoms with Crippen LogP contribution in [0.3, 0.4) is 0 Å². The second-order valence-electron chi connectivity index (χ2n) is 8.18. The molecule has 0 aliphatic carbocycles. The summed E-state index contributed by atoms with van der Waals surface area (Å²) in [5.41, 5.74) is 2.35. The van der Waals surface area contributed by atoms with Crippen LogP contribution in [0.5, 0.6) is 11.6 Å². The Morgan fingerprint density at radius 2 is 1.88 bits per heavy atom. The van der Waals surface area contributed by atoms with Gasteiger partial charge in [0.2, 0.25) is 5.88 Å². The molecule has 0 aliphatic heterocycles. The fourth-order valence-electron chi connectivity index (χ4n) is 3.83. The lowest BCUT2D eigenvalue weighted by atomic mass is 10.1. The quantitative estimate of drug-likeness (QED) is 0.374. The molecule has 6 nitrogen and oxygen atoms in total. The van der Waals surface area contributed by atoms with Gasteiger partial charge in [-0.05, 0) is 37.1 Å².